The second-order valence-corrected chi connectivity index (χ2v) is 12.0. The Morgan fingerprint density at radius 2 is 1.72 bits per heavy atom. The Kier molecular flexibility index (Phi) is 10.3. The Bertz CT molecular complexity index is 999. The van der Waals surface area contributed by atoms with Crippen molar-refractivity contribution in [3.63, 3.8) is 0 Å². The van der Waals surface area contributed by atoms with Crippen LogP contribution in [0, 0.1) is 29.6 Å². The summed E-state index contributed by atoms with van der Waals surface area (Å²) in [5.74, 6) is -0.273. The van der Waals surface area contributed by atoms with Crippen LogP contribution in [0.5, 0.6) is 0 Å². The summed E-state index contributed by atoms with van der Waals surface area (Å²) in [6.45, 7) is 17.7. The first-order valence-corrected chi connectivity index (χ1v) is 13.3. The molecule has 1 saturated carbocycles. The first kappa shape index (κ1) is 29.6. The van der Waals surface area contributed by atoms with Gasteiger partial charge in [0.25, 0.3) is 0 Å². The molecule has 0 aromatic heterocycles. The average Bonchev–Trinajstić information content (AvgIpc) is 2.82. The van der Waals surface area contributed by atoms with E-state index in [4.69, 9.17) is 0 Å². The van der Waals surface area contributed by atoms with E-state index < -0.39 is 5.41 Å². The number of rotatable bonds is 13. The molecule has 4 heteroatoms. The molecule has 0 bridgehead atoms. The summed E-state index contributed by atoms with van der Waals surface area (Å²) in [6.07, 6.45) is 5.57. The molecule has 0 heterocycles. The van der Waals surface area contributed by atoms with Gasteiger partial charge in [-0.05, 0) is 67.2 Å². The van der Waals surface area contributed by atoms with Crippen LogP contribution in [0.3, 0.4) is 0 Å². The van der Waals surface area contributed by atoms with Crippen molar-refractivity contribution in [3.05, 3.63) is 60.2 Å². The molecule has 2 rings (SSSR count). The summed E-state index contributed by atoms with van der Waals surface area (Å²) in [5.41, 5.74) is 1.98. The molecule has 1 atom stereocenters. The molecule has 0 amide bonds. The molecule has 0 spiro atoms. The van der Waals surface area contributed by atoms with E-state index in [2.05, 4.69) is 13.2 Å². The van der Waals surface area contributed by atoms with E-state index in [0.29, 0.717) is 50.5 Å². The number of carbonyl (C=O) groups is 4. The molecule has 1 aliphatic carbocycles. The summed E-state index contributed by atoms with van der Waals surface area (Å²) in [7, 11) is 0. The van der Waals surface area contributed by atoms with E-state index in [-0.39, 0.29) is 53.2 Å². The number of carbonyl (C=O) groups excluding carboxylic acids is 4. The summed E-state index contributed by atoms with van der Waals surface area (Å²) >= 11 is 0. The lowest BCUT2D eigenvalue weighted by molar-refractivity contribution is -0.135. The van der Waals surface area contributed by atoms with Crippen LogP contribution in [0.25, 0.3) is 0 Å². The van der Waals surface area contributed by atoms with Crippen molar-refractivity contribution >= 4 is 23.1 Å². The fourth-order valence-corrected chi connectivity index (χ4v) is 5.51. The highest BCUT2D eigenvalue weighted by atomic mass is 16.1. The van der Waals surface area contributed by atoms with Crippen LogP contribution in [-0.2, 0) is 25.6 Å². The predicted octanol–water partition coefficient (Wildman–Crippen LogP) is 6.98. The van der Waals surface area contributed by atoms with Crippen molar-refractivity contribution in [2.24, 2.45) is 22.7 Å². The Morgan fingerprint density at radius 1 is 1.11 bits per heavy atom. The van der Waals surface area contributed by atoms with Crippen LogP contribution in [0.4, 0.5) is 0 Å². The van der Waals surface area contributed by atoms with E-state index in [1.165, 1.54) is 6.08 Å². The molecule has 1 aliphatic rings. The average molecular weight is 493 g/mol. The number of hydrogen-bond acceptors (Lipinski definition) is 4. The monoisotopic (exact) mass is 492 g/mol. The van der Waals surface area contributed by atoms with Gasteiger partial charge in [-0.1, -0.05) is 65.1 Å². The molecule has 1 aromatic carbocycles. The summed E-state index contributed by atoms with van der Waals surface area (Å²) < 4.78 is 0. The molecule has 0 saturated heterocycles. The van der Waals surface area contributed by atoms with Crippen LogP contribution in [-0.4, -0.2) is 23.1 Å². The first-order chi connectivity index (χ1) is 16.8. The fraction of sp³-hybridized carbons (Fsp3) is 0.562. The topological polar surface area (TPSA) is 68.3 Å². The van der Waals surface area contributed by atoms with Gasteiger partial charge >= 0.3 is 0 Å². The second-order valence-electron chi connectivity index (χ2n) is 12.0. The molecule has 0 aliphatic heterocycles. The number of benzene rings is 1. The van der Waals surface area contributed by atoms with E-state index in [0.717, 1.165) is 11.1 Å². The molecule has 1 aromatic rings. The minimum Gasteiger partial charge on any atom is -0.300 e. The minimum atomic E-state index is -0.680. The van der Waals surface area contributed by atoms with Crippen molar-refractivity contribution in [1.82, 2.24) is 0 Å². The molecule has 4 nitrogen and oxygen atoms in total. The Hall–Kier alpha value is -2.62. The van der Waals surface area contributed by atoms with Gasteiger partial charge in [0.05, 0.1) is 0 Å². The lowest BCUT2D eigenvalue weighted by Gasteiger charge is -2.39. The largest absolute Gasteiger partial charge is 0.300 e. The number of Topliss-reactive ketones (excluding diaryl/α,β-unsaturated/α-hetero) is 3. The highest BCUT2D eigenvalue weighted by Crippen LogP contribution is 2.46. The zero-order valence-electron chi connectivity index (χ0n) is 23.0. The van der Waals surface area contributed by atoms with Crippen LogP contribution in [0.2, 0.25) is 0 Å². The minimum absolute atomic E-state index is 0.0157. The van der Waals surface area contributed by atoms with Gasteiger partial charge in [0, 0.05) is 42.9 Å². The third kappa shape index (κ3) is 8.21. The number of allylic oxidation sites excluding steroid dienone is 2. The zero-order valence-corrected chi connectivity index (χ0v) is 23.0. The van der Waals surface area contributed by atoms with Gasteiger partial charge in [-0.15, -0.1) is 0 Å². The van der Waals surface area contributed by atoms with E-state index in [9.17, 15) is 19.2 Å². The Balaban J connectivity index is 2.11. The van der Waals surface area contributed by atoms with Gasteiger partial charge in [-0.2, -0.15) is 0 Å². The van der Waals surface area contributed by atoms with Crippen LogP contribution in [0.15, 0.2) is 49.1 Å². The molecule has 196 valence electrons. The van der Waals surface area contributed by atoms with Crippen molar-refractivity contribution in [1.29, 1.82) is 0 Å². The highest BCUT2D eigenvalue weighted by molar-refractivity contribution is 6.00. The summed E-state index contributed by atoms with van der Waals surface area (Å²) in [5, 5.41) is 0. The molecule has 36 heavy (non-hydrogen) atoms. The van der Waals surface area contributed by atoms with Crippen molar-refractivity contribution in [3.8, 4) is 0 Å². The van der Waals surface area contributed by atoms with Gasteiger partial charge in [-0.3, -0.25) is 19.2 Å². The lowest BCUT2D eigenvalue weighted by atomic mass is 9.62. The number of aryl methyl sites for hydroxylation is 1. The molecule has 1 fully saturated rings. The summed E-state index contributed by atoms with van der Waals surface area (Å²) in [4.78, 5) is 51.4. The van der Waals surface area contributed by atoms with Gasteiger partial charge in [0.1, 0.15) is 11.6 Å². The van der Waals surface area contributed by atoms with E-state index in [1.54, 1.807) is 0 Å². The van der Waals surface area contributed by atoms with E-state index >= 15 is 0 Å². The van der Waals surface area contributed by atoms with Gasteiger partial charge in [-0.25, -0.2) is 0 Å². The lowest BCUT2D eigenvalue weighted by Crippen LogP contribution is -2.39. The smallest absolute Gasteiger partial charge is 0.164 e. The number of ketones is 4. The van der Waals surface area contributed by atoms with E-state index in [1.807, 2.05) is 58.9 Å². The highest BCUT2D eigenvalue weighted by Gasteiger charge is 2.44. The molecule has 1 unspecified atom stereocenters. The van der Waals surface area contributed by atoms with Crippen molar-refractivity contribution < 1.29 is 19.2 Å². The second kappa shape index (κ2) is 12.6. The maximum Gasteiger partial charge on any atom is 0.164 e. The third-order valence-electron chi connectivity index (χ3n) is 7.64. The zero-order chi connectivity index (χ0) is 27.1. The maximum absolute atomic E-state index is 13.8. The Morgan fingerprint density at radius 3 is 2.28 bits per heavy atom. The van der Waals surface area contributed by atoms with Crippen LogP contribution < -0.4 is 0 Å². The van der Waals surface area contributed by atoms with Gasteiger partial charge < -0.3 is 0 Å². The van der Waals surface area contributed by atoms with Gasteiger partial charge in [0.15, 0.2) is 11.6 Å². The quantitative estimate of drug-likeness (QED) is 0.279. The predicted molar refractivity (Wildman–Crippen MR) is 146 cm³/mol. The Labute approximate surface area is 217 Å². The van der Waals surface area contributed by atoms with Crippen LogP contribution >= 0.6 is 0 Å². The standard InChI is InChI=1S/C32H44O4/c1-8-27(33)15-18-32(30(36)24(4)19-26-12-10-9-11-22(26)2)16-13-25(14-17-32)29(35)23(3)20-28(34)21-31(5,6)7/h8-12,23,25H,1,4,13-21H2,2-3,5-7H3. The van der Waals surface area contributed by atoms with Crippen LogP contribution in [0.1, 0.15) is 90.2 Å². The maximum atomic E-state index is 13.8. The molecular formula is C32H44O4. The fourth-order valence-electron chi connectivity index (χ4n) is 5.51. The molecule has 0 radical (unpaired) electrons. The van der Waals surface area contributed by atoms with Crippen molar-refractivity contribution in [2.45, 2.75) is 92.4 Å². The first-order valence-electron chi connectivity index (χ1n) is 13.3. The molecular weight excluding hydrogens is 448 g/mol. The molecule has 0 N–H and O–H groups in total. The summed E-state index contributed by atoms with van der Waals surface area (Å²) in [6, 6.07) is 7.97. The number of hydrogen-bond donors (Lipinski definition) is 0. The third-order valence-corrected chi connectivity index (χ3v) is 7.64. The normalized spacial score (nSPS) is 20.9. The SMILES string of the molecule is C=CC(=O)CCC1(C(=O)C(=C)Cc2ccccc2C)CCC(C(=O)C(C)CC(=O)CC(C)(C)C)CC1. The van der Waals surface area contributed by atoms with Crippen molar-refractivity contribution in [2.75, 3.05) is 0 Å². The van der Waals surface area contributed by atoms with Gasteiger partial charge in [0.2, 0.25) is 0 Å².